The number of carbonyl (C=O) groups excluding carboxylic acids is 1. The third-order valence-corrected chi connectivity index (χ3v) is 2.43. The molecule has 0 saturated heterocycles. The number of nitrogens with zero attached hydrogens (tertiary/aromatic N) is 2. The van der Waals surface area contributed by atoms with E-state index in [1.54, 1.807) is 26.0 Å². The fourth-order valence-corrected chi connectivity index (χ4v) is 1.38. The minimum absolute atomic E-state index is 0.318. The Morgan fingerprint density at radius 1 is 1.37 bits per heavy atom. The minimum Gasteiger partial charge on any atom is -0.452 e. The molecule has 0 saturated carbocycles. The largest absolute Gasteiger partial charge is 0.503 e. The number of aryl methyl sites for hydroxylation is 2. The first-order chi connectivity index (χ1) is 8.75. The van der Waals surface area contributed by atoms with Crippen LogP contribution in [0.2, 0.25) is 0 Å². The smallest absolute Gasteiger partial charge is 0.452 e. The van der Waals surface area contributed by atoms with Crippen molar-refractivity contribution in [2.24, 2.45) is 0 Å². The molecule has 0 aromatic heterocycles. The Labute approximate surface area is 107 Å². The summed E-state index contributed by atoms with van der Waals surface area (Å²) >= 11 is 0. The van der Waals surface area contributed by atoms with Crippen molar-refractivity contribution >= 4 is 11.7 Å². The number of rotatable bonds is 3. The number of benzene rings is 1. The van der Waals surface area contributed by atoms with E-state index in [9.17, 15) is 18.0 Å². The molecule has 0 N–H and O–H groups in total. The van der Waals surface area contributed by atoms with Crippen LogP contribution in [0, 0.1) is 13.8 Å². The number of esters is 1. The molecule has 0 atom stereocenters. The number of hydrogen-bond donors (Lipinski definition) is 0. The molecule has 0 heterocycles. The summed E-state index contributed by atoms with van der Waals surface area (Å²) in [6, 6.07) is 5.30. The molecular formula is C12H11F3N2O2. The Balaban J connectivity index is 2.80. The van der Waals surface area contributed by atoms with Crippen molar-refractivity contribution in [1.82, 2.24) is 0 Å². The quantitative estimate of drug-likeness (QED) is 0.367. The van der Waals surface area contributed by atoms with E-state index in [-0.39, 0.29) is 6.61 Å². The molecule has 0 aliphatic carbocycles. The lowest BCUT2D eigenvalue weighted by atomic mass is 10.1. The molecule has 19 heavy (non-hydrogen) atoms. The fourth-order valence-electron chi connectivity index (χ4n) is 1.38. The van der Waals surface area contributed by atoms with Gasteiger partial charge in [0.25, 0.3) is 0 Å². The number of alkyl halides is 3. The minimum atomic E-state index is -5.05. The molecule has 0 amide bonds. The van der Waals surface area contributed by atoms with Gasteiger partial charge in [0.15, 0.2) is 0 Å². The molecule has 1 rings (SSSR count). The molecule has 1 aromatic rings. The zero-order chi connectivity index (χ0) is 14.6. The summed E-state index contributed by atoms with van der Waals surface area (Å²) in [5.41, 5.74) is 8.49. The summed E-state index contributed by atoms with van der Waals surface area (Å²) in [4.78, 5) is 13.1. The predicted molar refractivity (Wildman–Crippen MR) is 60.4 cm³/mol. The molecule has 0 radical (unpaired) electrons. The second-order valence-corrected chi connectivity index (χ2v) is 3.95. The van der Waals surface area contributed by atoms with Crippen molar-refractivity contribution in [3.05, 3.63) is 40.4 Å². The van der Waals surface area contributed by atoms with Gasteiger partial charge in [-0.15, -0.1) is 0 Å². The van der Waals surface area contributed by atoms with E-state index in [1.165, 1.54) is 0 Å². The van der Waals surface area contributed by atoms with Crippen LogP contribution in [-0.4, -0.2) is 22.6 Å². The topological polar surface area (TPSA) is 62.7 Å². The molecule has 7 heteroatoms. The molecule has 1 aromatic carbocycles. The van der Waals surface area contributed by atoms with E-state index in [0.717, 1.165) is 11.1 Å². The maximum absolute atomic E-state index is 12.2. The first-order valence-electron chi connectivity index (χ1n) is 5.28. The third-order valence-electron chi connectivity index (χ3n) is 2.43. The molecule has 0 fully saturated rings. The lowest BCUT2D eigenvalue weighted by molar-refractivity contribution is -0.155. The third kappa shape index (κ3) is 3.93. The van der Waals surface area contributed by atoms with Gasteiger partial charge in [0.2, 0.25) is 0 Å². The second-order valence-electron chi connectivity index (χ2n) is 3.95. The van der Waals surface area contributed by atoms with Gasteiger partial charge in [-0.3, -0.25) is 0 Å². The summed E-state index contributed by atoms with van der Waals surface area (Å²) in [5, 5.41) is 0. The lowest BCUT2D eigenvalue weighted by Crippen LogP contribution is -2.33. The molecule has 0 aliphatic rings. The van der Waals surface area contributed by atoms with Crippen LogP contribution in [0.1, 0.15) is 16.7 Å². The zero-order valence-electron chi connectivity index (χ0n) is 10.3. The van der Waals surface area contributed by atoms with E-state index in [4.69, 9.17) is 5.53 Å². The highest BCUT2D eigenvalue weighted by Crippen LogP contribution is 2.18. The van der Waals surface area contributed by atoms with Crippen LogP contribution in [-0.2, 0) is 16.1 Å². The highest BCUT2D eigenvalue weighted by Gasteiger charge is 2.51. The highest BCUT2D eigenvalue weighted by molar-refractivity contribution is 6.36. The lowest BCUT2D eigenvalue weighted by Gasteiger charge is -2.07. The van der Waals surface area contributed by atoms with E-state index in [2.05, 4.69) is 4.74 Å². The summed E-state index contributed by atoms with van der Waals surface area (Å²) in [7, 11) is 0. The molecule has 102 valence electrons. The van der Waals surface area contributed by atoms with E-state index in [1.807, 2.05) is 10.9 Å². The summed E-state index contributed by atoms with van der Waals surface area (Å²) < 4.78 is 41.2. The normalized spacial score (nSPS) is 10.8. The average molecular weight is 272 g/mol. The van der Waals surface area contributed by atoms with Crippen molar-refractivity contribution < 1.29 is 27.5 Å². The Morgan fingerprint density at radius 3 is 2.53 bits per heavy atom. The molecule has 0 bridgehead atoms. The Morgan fingerprint density at radius 2 is 2.00 bits per heavy atom. The van der Waals surface area contributed by atoms with Crippen molar-refractivity contribution in [2.75, 3.05) is 0 Å². The van der Waals surface area contributed by atoms with Crippen molar-refractivity contribution in [2.45, 2.75) is 26.6 Å². The van der Waals surface area contributed by atoms with Crippen molar-refractivity contribution in [1.29, 1.82) is 0 Å². The SMILES string of the molecule is Cc1ccc(C)c(COC(=O)C(=[N+]=[N-])C(F)(F)F)c1. The summed E-state index contributed by atoms with van der Waals surface area (Å²) in [5.74, 6) is -1.71. The number of hydrogen-bond acceptors (Lipinski definition) is 2. The predicted octanol–water partition coefficient (Wildman–Crippen LogP) is 2.58. The van der Waals surface area contributed by atoms with Crippen molar-refractivity contribution in [3.8, 4) is 0 Å². The Hall–Kier alpha value is -2.14. The number of halogens is 3. The maximum Gasteiger partial charge on any atom is 0.503 e. The maximum atomic E-state index is 12.2. The number of ether oxygens (including phenoxy) is 1. The van der Waals surface area contributed by atoms with Crippen LogP contribution in [0.5, 0.6) is 0 Å². The van der Waals surface area contributed by atoms with Gasteiger partial charge in [0, 0.05) is 0 Å². The van der Waals surface area contributed by atoms with Crippen molar-refractivity contribution in [3.63, 3.8) is 0 Å². The molecule has 0 aliphatic heterocycles. The Kier molecular flexibility index (Phi) is 4.45. The summed E-state index contributed by atoms with van der Waals surface area (Å²) in [6.07, 6.45) is -5.05. The van der Waals surface area contributed by atoms with Crippen LogP contribution in [0.4, 0.5) is 13.2 Å². The van der Waals surface area contributed by atoms with Gasteiger partial charge in [0.05, 0.1) is 0 Å². The van der Waals surface area contributed by atoms with Gasteiger partial charge in [-0.25, -0.2) is 4.79 Å². The number of carbonyl (C=O) groups is 1. The van der Waals surface area contributed by atoms with Crippen LogP contribution in [0.15, 0.2) is 18.2 Å². The van der Waals surface area contributed by atoms with Crippen LogP contribution >= 0.6 is 0 Å². The fraction of sp³-hybridized carbons (Fsp3) is 0.333. The highest BCUT2D eigenvalue weighted by atomic mass is 19.4. The average Bonchev–Trinajstić information content (AvgIpc) is 2.29. The van der Waals surface area contributed by atoms with E-state index >= 15 is 0 Å². The van der Waals surface area contributed by atoms with Gasteiger partial charge < -0.3 is 10.3 Å². The first-order valence-corrected chi connectivity index (χ1v) is 5.28. The van der Waals surface area contributed by atoms with Crippen LogP contribution in [0.3, 0.4) is 0 Å². The van der Waals surface area contributed by atoms with E-state index in [0.29, 0.717) is 5.56 Å². The van der Waals surface area contributed by atoms with Gasteiger partial charge in [0.1, 0.15) is 6.61 Å². The van der Waals surface area contributed by atoms with E-state index < -0.39 is 17.9 Å². The molecular weight excluding hydrogens is 261 g/mol. The van der Waals surface area contributed by atoms with Gasteiger partial charge >= 0.3 is 17.9 Å². The zero-order valence-corrected chi connectivity index (χ0v) is 10.3. The molecule has 0 spiro atoms. The summed E-state index contributed by atoms with van der Waals surface area (Å²) in [6.45, 7) is 3.23. The standard InChI is InChI=1S/C12H11F3N2O2/c1-7-3-4-8(2)9(5-7)6-19-11(18)10(17-16)12(13,14)15/h3-5H,6H2,1-2H3. The van der Waals surface area contributed by atoms with Gasteiger partial charge in [-0.1, -0.05) is 23.8 Å². The van der Waals surface area contributed by atoms with Crippen LogP contribution in [0.25, 0.3) is 5.53 Å². The first kappa shape index (κ1) is 14.9. The molecule has 4 nitrogen and oxygen atoms in total. The molecule has 0 unspecified atom stereocenters. The van der Waals surface area contributed by atoms with Gasteiger partial charge in [-0.05, 0) is 25.0 Å². The Bertz CT molecular complexity index is 546. The second kappa shape index (κ2) is 5.67. The van der Waals surface area contributed by atoms with Gasteiger partial charge in [-0.2, -0.15) is 18.0 Å². The monoisotopic (exact) mass is 272 g/mol. The van der Waals surface area contributed by atoms with Crippen LogP contribution < -0.4 is 0 Å².